The molecule has 0 saturated carbocycles. The molecule has 1 aromatic carbocycles. The van der Waals surface area contributed by atoms with Crippen LogP contribution in [0.5, 0.6) is 0 Å². The van der Waals surface area contributed by atoms with Crippen molar-refractivity contribution in [2.24, 2.45) is 5.92 Å². The van der Waals surface area contributed by atoms with Crippen LogP contribution in [-0.4, -0.2) is 28.6 Å². The van der Waals surface area contributed by atoms with Crippen molar-refractivity contribution in [3.05, 3.63) is 48.2 Å². The molecule has 0 aliphatic carbocycles. The van der Waals surface area contributed by atoms with E-state index in [1.807, 2.05) is 44.2 Å². The van der Waals surface area contributed by atoms with Gasteiger partial charge in [-0.3, -0.25) is 9.78 Å². The molecular weight excluding hydrogens is 276 g/mol. The van der Waals surface area contributed by atoms with E-state index in [4.69, 9.17) is 0 Å². The van der Waals surface area contributed by atoms with Gasteiger partial charge in [0, 0.05) is 29.8 Å². The molecule has 0 aliphatic heterocycles. The first-order valence-electron chi connectivity index (χ1n) is 7.54. The summed E-state index contributed by atoms with van der Waals surface area (Å²) in [5.41, 5.74) is 1.77. The lowest BCUT2D eigenvalue weighted by atomic mass is 10.1. The maximum atomic E-state index is 11.8. The van der Waals surface area contributed by atoms with Gasteiger partial charge in [0.05, 0.1) is 11.6 Å². The number of aromatic nitrogens is 1. The first-order chi connectivity index (χ1) is 10.6. The Hall–Kier alpha value is -2.20. The number of nitrogens with zero attached hydrogens (tertiary/aromatic N) is 1. The maximum Gasteiger partial charge on any atom is 0.244 e. The lowest BCUT2D eigenvalue weighted by Crippen LogP contribution is -2.31. The number of aliphatic hydroxyl groups is 1. The highest BCUT2D eigenvalue weighted by atomic mass is 16.3. The highest BCUT2D eigenvalue weighted by molar-refractivity contribution is 5.95. The summed E-state index contributed by atoms with van der Waals surface area (Å²) >= 11 is 0. The summed E-state index contributed by atoms with van der Waals surface area (Å²) in [7, 11) is 0. The average Bonchev–Trinajstić information content (AvgIpc) is 2.50. The van der Waals surface area contributed by atoms with Crippen molar-refractivity contribution in [3.63, 3.8) is 0 Å². The summed E-state index contributed by atoms with van der Waals surface area (Å²) in [6, 6.07) is 9.73. The Bertz CT molecular complexity index is 660. The second-order valence-corrected chi connectivity index (χ2v) is 5.78. The molecule has 1 atom stereocenters. The fraction of sp³-hybridized carbons (Fsp3) is 0.333. The number of aliphatic hydroxyl groups excluding tert-OH is 1. The fourth-order valence-electron chi connectivity index (χ4n) is 2.33. The summed E-state index contributed by atoms with van der Waals surface area (Å²) < 4.78 is 0. The van der Waals surface area contributed by atoms with Crippen LogP contribution in [0.15, 0.2) is 42.6 Å². The number of rotatable bonds is 6. The Morgan fingerprint density at radius 1 is 1.32 bits per heavy atom. The second-order valence-electron chi connectivity index (χ2n) is 5.78. The van der Waals surface area contributed by atoms with Crippen LogP contribution in [0.3, 0.4) is 0 Å². The van der Waals surface area contributed by atoms with Crippen LogP contribution in [0.1, 0.15) is 25.8 Å². The molecule has 0 radical (unpaired) electrons. The Kier molecular flexibility index (Phi) is 5.67. The molecule has 0 bridgehead atoms. The molecule has 4 nitrogen and oxygen atoms in total. The van der Waals surface area contributed by atoms with Crippen LogP contribution in [0.2, 0.25) is 0 Å². The van der Waals surface area contributed by atoms with Gasteiger partial charge in [-0.05, 0) is 24.5 Å². The summed E-state index contributed by atoms with van der Waals surface area (Å²) in [6.07, 6.45) is 5.14. The summed E-state index contributed by atoms with van der Waals surface area (Å²) in [4.78, 5) is 16.2. The van der Waals surface area contributed by atoms with Crippen molar-refractivity contribution in [1.82, 2.24) is 10.3 Å². The average molecular weight is 298 g/mol. The number of para-hydroxylation sites is 1. The van der Waals surface area contributed by atoms with E-state index in [1.165, 1.54) is 6.08 Å². The molecule has 0 aliphatic rings. The van der Waals surface area contributed by atoms with Gasteiger partial charge >= 0.3 is 0 Å². The molecular formula is C18H22N2O2. The first kappa shape index (κ1) is 16.2. The monoisotopic (exact) mass is 298 g/mol. The predicted molar refractivity (Wildman–Crippen MR) is 89.2 cm³/mol. The van der Waals surface area contributed by atoms with Crippen LogP contribution in [0, 0.1) is 5.92 Å². The summed E-state index contributed by atoms with van der Waals surface area (Å²) in [5.74, 6) is 0.194. The molecule has 116 valence electrons. The third-order valence-corrected chi connectivity index (χ3v) is 3.33. The number of carbonyl (C=O) groups is 1. The molecule has 22 heavy (non-hydrogen) atoms. The van der Waals surface area contributed by atoms with E-state index in [9.17, 15) is 9.90 Å². The molecule has 2 N–H and O–H groups in total. The number of hydrogen-bond acceptors (Lipinski definition) is 3. The van der Waals surface area contributed by atoms with Gasteiger partial charge < -0.3 is 10.4 Å². The Balaban J connectivity index is 1.97. The minimum absolute atomic E-state index is 0.212. The molecule has 1 unspecified atom stereocenters. The van der Waals surface area contributed by atoms with E-state index in [0.29, 0.717) is 12.3 Å². The lowest BCUT2D eigenvalue weighted by Gasteiger charge is -2.12. The molecule has 2 rings (SSSR count). The number of amides is 1. The molecule has 0 spiro atoms. The van der Waals surface area contributed by atoms with E-state index in [0.717, 1.165) is 16.5 Å². The highest BCUT2D eigenvalue weighted by Gasteiger charge is 2.07. The Morgan fingerprint density at radius 2 is 2.09 bits per heavy atom. The topological polar surface area (TPSA) is 62.2 Å². The number of carbonyl (C=O) groups excluding carboxylic acids is 1. The van der Waals surface area contributed by atoms with Gasteiger partial charge in [-0.2, -0.15) is 0 Å². The molecule has 1 aromatic heterocycles. The zero-order valence-electron chi connectivity index (χ0n) is 13.0. The van der Waals surface area contributed by atoms with E-state index in [1.54, 1.807) is 12.3 Å². The van der Waals surface area contributed by atoms with Gasteiger partial charge in [0.25, 0.3) is 0 Å². The number of fused-ring (bicyclic) bond motifs is 1. The molecule has 1 amide bonds. The fourth-order valence-corrected chi connectivity index (χ4v) is 2.33. The van der Waals surface area contributed by atoms with Crippen LogP contribution in [-0.2, 0) is 4.79 Å². The van der Waals surface area contributed by atoms with Gasteiger partial charge in [0.15, 0.2) is 0 Å². The van der Waals surface area contributed by atoms with Crippen molar-refractivity contribution in [1.29, 1.82) is 0 Å². The van der Waals surface area contributed by atoms with E-state index >= 15 is 0 Å². The number of nitrogens with one attached hydrogen (secondary N) is 1. The van der Waals surface area contributed by atoms with Crippen molar-refractivity contribution >= 4 is 22.9 Å². The van der Waals surface area contributed by atoms with Crippen molar-refractivity contribution in [2.75, 3.05) is 6.54 Å². The molecule has 0 saturated heterocycles. The van der Waals surface area contributed by atoms with E-state index < -0.39 is 6.10 Å². The van der Waals surface area contributed by atoms with Gasteiger partial charge in [0.2, 0.25) is 5.91 Å². The molecule has 4 heteroatoms. The second kappa shape index (κ2) is 7.71. The third kappa shape index (κ3) is 4.67. The third-order valence-electron chi connectivity index (χ3n) is 3.33. The zero-order valence-corrected chi connectivity index (χ0v) is 13.0. The molecule has 2 aromatic rings. The van der Waals surface area contributed by atoms with Crippen LogP contribution < -0.4 is 5.32 Å². The minimum atomic E-state index is -0.503. The number of pyridine rings is 1. The number of benzene rings is 1. The lowest BCUT2D eigenvalue weighted by molar-refractivity contribution is -0.116. The smallest absolute Gasteiger partial charge is 0.244 e. The van der Waals surface area contributed by atoms with Gasteiger partial charge in [-0.1, -0.05) is 38.1 Å². The van der Waals surface area contributed by atoms with Gasteiger partial charge in [0.1, 0.15) is 0 Å². The highest BCUT2D eigenvalue weighted by Crippen LogP contribution is 2.16. The van der Waals surface area contributed by atoms with Gasteiger partial charge in [-0.25, -0.2) is 0 Å². The Labute approximate surface area is 130 Å². The van der Waals surface area contributed by atoms with Crippen molar-refractivity contribution < 1.29 is 9.90 Å². The van der Waals surface area contributed by atoms with Gasteiger partial charge in [-0.15, -0.1) is 0 Å². The SMILES string of the molecule is CC(C)CC(O)CNC(=O)/C=C/c1cccc2cccnc12. The predicted octanol–water partition coefficient (Wildman–Crippen LogP) is 2.77. The largest absolute Gasteiger partial charge is 0.391 e. The van der Waals surface area contributed by atoms with Crippen molar-refractivity contribution in [3.8, 4) is 0 Å². The molecule has 1 heterocycles. The standard InChI is InChI=1S/C18H22N2O2/c1-13(2)11-16(21)12-20-17(22)9-8-15-6-3-5-14-7-4-10-19-18(14)15/h3-10,13,16,21H,11-12H2,1-2H3,(H,20,22)/b9-8+. The number of hydrogen-bond donors (Lipinski definition) is 2. The van der Waals surface area contributed by atoms with Crippen LogP contribution >= 0.6 is 0 Å². The van der Waals surface area contributed by atoms with Crippen LogP contribution in [0.4, 0.5) is 0 Å². The quantitative estimate of drug-likeness (QED) is 0.806. The Morgan fingerprint density at radius 3 is 2.86 bits per heavy atom. The summed E-state index contributed by atoms with van der Waals surface area (Å²) in [5, 5.41) is 13.5. The first-order valence-corrected chi connectivity index (χ1v) is 7.54. The van der Waals surface area contributed by atoms with E-state index in [2.05, 4.69) is 10.3 Å². The van der Waals surface area contributed by atoms with Crippen molar-refractivity contribution in [2.45, 2.75) is 26.4 Å². The zero-order chi connectivity index (χ0) is 15.9. The normalized spacial score (nSPS) is 12.9. The maximum absolute atomic E-state index is 11.8. The van der Waals surface area contributed by atoms with E-state index in [-0.39, 0.29) is 12.5 Å². The van der Waals surface area contributed by atoms with Crippen LogP contribution in [0.25, 0.3) is 17.0 Å². The minimum Gasteiger partial charge on any atom is -0.391 e. The molecule has 0 fully saturated rings. The summed E-state index contributed by atoms with van der Waals surface area (Å²) in [6.45, 7) is 4.35.